The molecule has 0 radical (unpaired) electrons. The summed E-state index contributed by atoms with van der Waals surface area (Å²) in [6.07, 6.45) is 3.10. The largest absolute Gasteiger partial charge is 0.326 e. The average molecular weight is 333 g/mol. The third-order valence-corrected chi connectivity index (χ3v) is 4.59. The molecule has 0 saturated heterocycles. The number of pyridine rings is 1. The Morgan fingerprint density at radius 1 is 1.13 bits per heavy atom. The molecule has 0 bridgehead atoms. The van der Waals surface area contributed by atoms with E-state index in [0.717, 1.165) is 5.69 Å². The zero-order valence-corrected chi connectivity index (χ0v) is 13.6. The highest BCUT2D eigenvalue weighted by Crippen LogP contribution is 2.14. The number of carbonyl (C=O) groups is 1. The van der Waals surface area contributed by atoms with Crippen LogP contribution in [0.4, 0.5) is 5.69 Å². The van der Waals surface area contributed by atoms with E-state index >= 15 is 0 Å². The van der Waals surface area contributed by atoms with Crippen LogP contribution in [0, 0.1) is 0 Å². The smallest absolute Gasteiger partial charge is 0.240 e. The second kappa shape index (κ2) is 7.85. The molecule has 2 aromatic rings. The lowest BCUT2D eigenvalue weighted by Crippen LogP contribution is -2.25. The van der Waals surface area contributed by atoms with Gasteiger partial charge in [0.15, 0.2) is 0 Å². The molecule has 0 unspecified atom stereocenters. The van der Waals surface area contributed by atoms with Gasteiger partial charge in [-0.05, 0) is 49.2 Å². The van der Waals surface area contributed by atoms with Gasteiger partial charge < -0.3 is 5.32 Å². The lowest BCUT2D eigenvalue weighted by Gasteiger charge is -2.08. The van der Waals surface area contributed by atoms with E-state index < -0.39 is 10.0 Å². The Morgan fingerprint density at radius 2 is 1.87 bits per heavy atom. The van der Waals surface area contributed by atoms with Crippen LogP contribution in [0.15, 0.2) is 53.6 Å². The number of hydrogen-bond donors (Lipinski definition) is 2. The monoisotopic (exact) mass is 333 g/mol. The highest BCUT2D eigenvalue weighted by Gasteiger charge is 2.13. The number of hydrogen-bond acceptors (Lipinski definition) is 4. The number of amides is 1. The van der Waals surface area contributed by atoms with E-state index in [1.54, 1.807) is 18.3 Å². The molecule has 1 aromatic heterocycles. The Balaban J connectivity index is 1.87. The first-order valence-corrected chi connectivity index (χ1v) is 8.73. The molecule has 1 amide bonds. The summed E-state index contributed by atoms with van der Waals surface area (Å²) in [5, 5.41) is 2.59. The number of sulfonamides is 1. The van der Waals surface area contributed by atoms with E-state index in [-0.39, 0.29) is 10.8 Å². The predicted molar refractivity (Wildman–Crippen MR) is 88.5 cm³/mol. The Morgan fingerprint density at radius 3 is 2.48 bits per heavy atom. The summed E-state index contributed by atoms with van der Waals surface area (Å²) in [6, 6.07) is 11.7. The zero-order valence-electron chi connectivity index (χ0n) is 12.8. The van der Waals surface area contributed by atoms with E-state index in [4.69, 9.17) is 0 Å². The quantitative estimate of drug-likeness (QED) is 0.758. The molecule has 7 heteroatoms. The van der Waals surface area contributed by atoms with Crippen LogP contribution >= 0.6 is 0 Å². The van der Waals surface area contributed by atoms with Crippen molar-refractivity contribution in [2.24, 2.45) is 0 Å². The first-order chi connectivity index (χ1) is 11.0. The molecule has 0 saturated carbocycles. The van der Waals surface area contributed by atoms with Crippen molar-refractivity contribution >= 4 is 21.6 Å². The molecular weight excluding hydrogens is 314 g/mol. The molecule has 2 N–H and O–H groups in total. The Hall–Kier alpha value is -2.25. The number of aromatic nitrogens is 1. The fraction of sp³-hybridized carbons (Fsp3) is 0.250. The fourth-order valence-corrected chi connectivity index (χ4v) is 3.10. The standard InChI is InChI=1S/C16H19N3O3S/c1-13(20)19-15-7-9-16(10-8-15)23(21,22)18-12-4-6-14-5-2-3-11-17-14/h2-3,5,7-11,18H,4,6,12H2,1H3,(H,19,20). The average Bonchev–Trinajstić information content (AvgIpc) is 2.53. The van der Waals surface area contributed by atoms with Gasteiger partial charge >= 0.3 is 0 Å². The van der Waals surface area contributed by atoms with Crippen molar-refractivity contribution in [3.8, 4) is 0 Å². The zero-order chi connectivity index (χ0) is 16.7. The van der Waals surface area contributed by atoms with Crippen LogP contribution in [0.1, 0.15) is 19.0 Å². The van der Waals surface area contributed by atoms with Crippen LogP contribution < -0.4 is 10.0 Å². The van der Waals surface area contributed by atoms with Crippen molar-refractivity contribution in [1.29, 1.82) is 0 Å². The summed E-state index contributed by atoms with van der Waals surface area (Å²) in [4.78, 5) is 15.3. The first kappa shape index (κ1) is 17.1. The molecular formula is C16H19N3O3S. The van der Waals surface area contributed by atoms with Gasteiger partial charge in [-0.3, -0.25) is 9.78 Å². The summed E-state index contributed by atoms with van der Waals surface area (Å²) in [7, 11) is -3.54. The van der Waals surface area contributed by atoms with Crippen LogP contribution in [0.25, 0.3) is 0 Å². The molecule has 0 aliphatic carbocycles. The number of nitrogens with one attached hydrogen (secondary N) is 2. The molecule has 1 aromatic carbocycles. The van der Waals surface area contributed by atoms with Gasteiger partial charge in [-0.25, -0.2) is 13.1 Å². The normalized spacial score (nSPS) is 11.2. The number of carbonyl (C=O) groups excluding carboxylic acids is 1. The molecule has 122 valence electrons. The maximum atomic E-state index is 12.2. The molecule has 0 atom stereocenters. The fourth-order valence-electron chi connectivity index (χ4n) is 2.03. The molecule has 23 heavy (non-hydrogen) atoms. The van der Waals surface area contributed by atoms with Gasteiger partial charge in [0.1, 0.15) is 0 Å². The Bertz CT molecular complexity index is 744. The van der Waals surface area contributed by atoms with Crippen LogP contribution in [0.5, 0.6) is 0 Å². The van der Waals surface area contributed by atoms with Crippen molar-refractivity contribution in [3.05, 3.63) is 54.4 Å². The minimum absolute atomic E-state index is 0.171. The van der Waals surface area contributed by atoms with Crippen LogP contribution in [-0.2, 0) is 21.2 Å². The van der Waals surface area contributed by atoms with Crippen LogP contribution in [0.2, 0.25) is 0 Å². The molecule has 0 aliphatic rings. The van der Waals surface area contributed by atoms with Crippen LogP contribution in [0.3, 0.4) is 0 Å². The van der Waals surface area contributed by atoms with Crippen molar-refractivity contribution in [3.63, 3.8) is 0 Å². The SMILES string of the molecule is CC(=O)Nc1ccc(S(=O)(=O)NCCCc2ccccn2)cc1. The number of aryl methyl sites for hydroxylation is 1. The van der Waals surface area contributed by atoms with Crippen molar-refractivity contribution in [2.75, 3.05) is 11.9 Å². The second-order valence-electron chi connectivity index (χ2n) is 5.03. The Kier molecular flexibility index (Phi) is 5.84. The molecule has 0 spiro atoms. The molecule has 6 nitrogen and oxygen atoms in total. The Labute approximate surface area is 136 Å². The number of rotatable bonds is 7. The highest BCUT2D eigenvalue weighted by molar-refractivity contribution is 7.89. The van der Waals surface area contributed by atoms with Gasteiger partial charge in [0.2, 0.25) is 15.9 Å². The molecule has 2 rings (SSSR count). The minimum Gasteiger partial charge on any atom is -0.326 e. The van der Waals surface area contributed by atoms with E-state index in [9.17, 15) is 13.2 Å². The predicted octanol–water partition coefficient (Wildman–Crippen LogP) is 1.95. The van der Waals surface area contributed by atoms with Gasteiger partial charge in [0.25, 0.3) is 0 Å². The van der Waals surface area contributed by atoms with E-state index in [2.05, 4.69) is 15.0 Å². The molecule has 0 fully saturated rings. The van der Waals surface area contributed by atoms with Crippen molar-refractivity contribution < 1.29 is 13.2 Å². The molecule has 1 heterocycles. The minimum atomic E-state index is -3.54. The van der Waals surface area contributed by atoms with E-state index in [0.29, 0.717) is 25.1 Å². The first-order valence-electron chi connectivity index (χ1n) is 7.24. The van der Waals surface area contributed by atoms with E-state index in [1.807, 2.05) is 18.2 Å². The van der Waals surface area contributed by atoms with Gasteiger partial charge in [0.05, 0.1) is 4.90 Å². The number of benzene rings is 1. The van der Waals surface area contributed by atoms with Gasteiger partial charge in [-0.15, -0.1) is 0 Å². The van der Waals surface area contributed by atoms with Gasteiger partial charge in [0, 0.05) is 31.0 Å². The van der Waals surface area contributed by atoms with Crippen molar-refractivity contribution in [1.82, 2.24) is 9.71 Å². The topological polar surface area (TPSA) is 88.2 Å². The molecule has 0 aliphatic heterocycles. The van der Waals surface area contributed by atoms with Gasteiger partial charge in [-0.2, -0.15) is 0 Å². The third-order valence-electron chi connectivity index (χ3n) is 3.11. The highest BCUT2D eigenvalue weighted by atomic mass is 32.2. The lowest BCUT2D eigenvalue weighted by molar-refractivity contribution is -0.114. The summed E-state index contributed by atoms with van der Waals surface area (Å²) < 4.78 is 26.9. The maximum Gasteiger partial charge on any atom is 0.240 e. The summed E-state index contributed by atoms with van der Waals surface area (Å²) in [5.41, 5.74) is 1.50. The maximum absolute atomic E-state index is 12.2. The van der Waals surface area contributed by atoms with Crippen molar-refractivity contribution in [2.45, 2.75) is 24.7 Å². The summed E-state index contributed by atoms with van der Waals surface area (Å²) >= 11 is 0. The van der Waals surface area contributed by atoms with Gasteiger partial charge in [-0.1, -0.05) is 6.07 Å². The van der Waals surface area contributed by atoms with E-state index in [1.165, 1.54) is 19.1 Å². The number of anilines is 1. The second-order valence-corrected chi connectivity index (χ2v) is 6.79. The van der Waals surface area contributed by atoms with Crippen LogP contribution in [-0.4, -0.2) is 25.9 Å². The number of nitrogens with zero attached hydrogens (tertiary/aromatic N) is 1. The third kappa shape index (κ3) is 5.46. The summed E-state index contributed by atoms with van der Waals surface area (Å²) in [6.45, 7) is 1.74. The summed E-state index contributed by atoms with van der Waals surface area (Å²) in [5.74, 6) is -0.201. The lowest BCUT2D eigenvalue weighted by atomic mass is 10.2.